The fourth-order valence-electron chi connectivity index (χ4n) is 1.41. The monoisotopic (exact) mass is 333 g/mol. The van der Waals surface area contributed by atoms with Gasteiger partial charge in [0.2, 0.25) is 0 Å². The number of thioether (sulfide) groups is 1. The molecule has 0 saturated carbocycles. The number of nitrogens with zero attached hydrogens (tertiary/aromatic N) is 2. The van der Waals surface area contributed by atoms with Crippen molar-refractivity contribution < 1.29 is 0 Å². The lowest BCUT2D eigenvalue weighted by Crippen LogP contribution is -2.19. The maximum Gasteiger partial charge on any atom is 0.344 e. The summed E-state index contributed by atoms with van der Waals surface area (Å²) in [6.45, 7) is 3.95. The Balaban J connectivity index is 2.15. The first-order chi connectivity index (χ1) is 8.09. The molecule has 2 rings (SSSR count). The number of nitrogens with one attached hydrogen (secondary N) is 1. The van der Waals surface area contributed by atoms with E-state index in [1.165, 1.54) is 4.88 Å². The topological polar surface area (TPSA) is 50.7 Å². The molecular formula is C10H12BrN3OS2. The van der Waals surface area contributed by atoms with Gasteiger partial charge in [-0.05, 0) is 41.2 Å². The molecule has 0 aliphatic heterocycles. The summed E-state index contributed by atoms with van der Waals surface area (Å²) in [5, 5.41) is 9.32. The van der Waals surface area contributed by atoms with Gasteiger partial charge in [-0.1, -0.05) is 11.8 Å². The number of hydrogen-bond acceptors (Lipinski definition) is 4. The molecule has 0 aromatic carbocycles. The van der Waals surface area contributed by atoms with Crippen molar-refractivity contribution in [2.24, 2.45) is 0 Å². The molecule has 92 valence electrons. The third kappa shape index (κ3) is 2.83. The lowest BCUT2D eigenvalue weighted by atomic mass is 10.4. The molecule has 0 aliphatic rings. The van der Waals surface area contributed by atoms with Gasteiger partial charge in [0.15, 0.2) is 5.16 Å². The number of halogens is 1. The van der Waals surface area contributed by atoms with Crippen molar-refractivity contribution >= 4 is 39.0 Å². The second kappa shape index (κ2) is 5.41. The number of aromatic amines is 1. The van der Waals surface area contributed by atoms with E-state index >= 15 is 0 Å². The van der Waals surface area contributed by atoms with Crippen LogP contribution in [-0.2, 0) is 5.75 Å². The van der Waals surface area contributed by atoms with Crippen LogP contribution in [0.4, 0.5) is 0 Å². The molecule has 7 heteroatoms. The van der Waals surface area contributed by atoms with E-state index in [9.17, 15) is 4.79 Å². The molecule has 2 heterocycles. The average molecular weight is 334 g/mol. The van der Waals surface area contributed by atoms with Crippen LogP contribution >= 0.6 is 39.0 Å². The minimum Gasteiger partial charge on any atom is -0.268 e. The van der Waals surface area contributed by atoms with E-state index in [2.05, 4.69) is 26.1 Å². The lowest BCUT2D eigenvalue weighted by Gasteiger charge is -2.07. The van der Waals surface area contributed by atoms with Crippen LogP contribution < -0.4 is 5.69 Å². The fraction of sp³-hybridized carbons (Fsp3) is 0.400. The highest BCUT2D eigenvalue weighted by Gasteiger charge is 2.12. The molecule has 17 heavy (non-hydrogen) atoms. The molecule has 0 fully saturated rings. The number of rotatable bonds is 4. The fourth-order valence-corrected chi connectivity index (χ4v) is 4.28. The van der Waals surface area contributed by atoms with Crippen LogP contribution in [0.25, 0.3) is 0 Å². The van der Waals surface area contributed by atoms with Gasteiger partial charge in [-0.15, -0.1) is 16.4 Å². The number of thiophene rings is 1. The number of aromatic nitrogens is 3. The van der Waals surface area contributed by atoms with Crippen molar-refractivity contribution in [2.45, 2.75) is 30.8 Å². The minimum atomic E-state index is -0.146. The number of hydrogen-bond donors (Lipinski definition) is 1. The number of H-pyrrole nitrogens is 1. The van der Waals surface area contributed by atoms with Crippen LogP contribution in [0.2, 0.25) is 0 Å². The predicted octanol–water partition coefficient (Wildman–Crippen LogP) is 3.27. The normalized spacial score (nSPS) is 11.3. The quantitative estimate of drug-likeness (QED) is 0.873. The zero-order chi connectivity index (χ0) is 12.4. The molecule has 0 atom stereocenters. The first-order valence-corrected chi connectivity index (χ1v) is 7.77. The Kier molecular flexibility index (Phi) is 4.11. The molecule has 2 aromatic rings. The Hall–Kier alpha value is -0.530. The van der Waals surface area contributed by atoms with Crippen molar-refractivity contribution in [1.82, 2.24) is 14.8 Å². The Morgan fingerprint density at radius 1 is 1.65 bits per heavy atom. The van der Waals surface area contributed by atoms with Crippen molar-refractivity contribution in [3.8, 4) is 0 Å². The molecule has 0 amide bonds. The SMILES string of the molecule is CC(C)n1c(SCc2sccc2Br)n[nH]c1=O. The van der Waals surface area contributed by atoms with E-state index in [1.54, 1.807) is 27.7 Å². The van der Waals surface area contributed by atoms with E-state index in [4.69, 9.17) is 0 Å². The molecule has 1 N–H and O–H groups in total. The van der Waals surface area contributed by atoms with Gasteiger partial charge in [0, 0.05) is 21.1 Å². The van der Waals surface area contributed by atoms with E-state index < -0.39 is 0 Å². The van der Waals surface area contributed by atoms with E-state index in [0.717, 1.165) is 15.4 Å². The summed E-state index contributed by atoms with van der Waals surface area (Å²) in [5.41, 5.74) is -0.146. The highest BCUT2D eigenvalue weighted by atomic mass is 79.9. The average Bonchev–Trinajstić information content (AvgIpc) is 2.82. The molecule has 4 nitrogen and oxygen atoms in total. The van der Waals surface area contributed by atoms with Gasteiger partial charge in [-0.2, -0.15) is 0 Å². The molecule has 2 aromatic heterocycles. The third-order valence-electron chi connectivity index (χ3n) is 2.21. The Bertz CT molecular complexity index is 558. The van der Waals surface area contributed by atoms with Gasteiger partial charge >= 0.3 is 5.69 Å². The summed E-state index contributed by atoms with van der Waals surface area (Å²) in [7, 11) is 0. The zero-order valence-electron chi connectivity index (χ0n) is 9.44. The van der Waals surface area contributed by atoms with Crippen LogP contribution in [0, 0.1) is 0 Å². The Morgan fingerprint density at radius 2 is 2.41 bits per heavy atom. The molecule has 0 unspecified atom stereocenters. The highest BCUT2D eigenvalue weighted by Crippen LogP contribution is 2.29. The summed E-state index contributed by atoms with van der Waals surface area (Å²) in [6.07, 6.45) is 0. The summed E-state index contributed by atoms with van der Waals surface area (Å²) in [6, 6.07) is 2.15. The van der Waals surface area contributed by atoms with Gasteiger partial charge in [0.05, 0.1) is 0 Å². The first kappa shape index (κ1) is 12.9. The van der Waals surface area contributed by atoms with Gasteiger partial charge < -0.3 is 0 Å². The van der Waals surface area contributed by atoms with E-state index in [0.29, 0.717) is 0 Å². The highest BCUT2D eigenvalue weighted by molar-refractivity contribution is 9.10. The first-order valence-electron chi connectivity index (χ1n) is 5.11. The maximum atomic E-state index is 11.5. The zero-order valence-corrected chi connectivity index (χ0v) is 12.7. The van der Waals surface area contributed by atoms with Crippen molar-refractivity contribution in [3.63, 3.8) is 0 Å². The Morgan fingerprint density at radius 3 is 3.00 bits per heavy atom. The Labute approximate surface area is 116 Å². The largest absolute Gasteiger partial charge is 0.344 e. The summed E-state index contributed by atoms with van der Waals surface area (Å²) >= 11 is 6.76. The summed E-state index contributed by atoms with van der Waals surface area (Å²) in [5.74, 6) is 0.815. The van der Waals surface area contributed by atoms with Crippen LogP contribution in [0.15, 0.2) is 25.9 Å². The molecule has 0 saturated heterocycles. The van der Waals surface area contributed by atoms with Crippen molar-refractivity contribution in [2.75, 3.05) is 0 Å². The summed E-state index contributed by atoms with van der Waals surface area (Å²) < 4.78 is 2.79. The smallest absolute Gasteiger partial charge is 0.268 e. The van der Waals surface area contributed by atoms with Gasteiger partial charge in [0.1, 0.15) is 0 Å². The summed E-state index contributed by atoms with van der Waals surface area (Å²) in [4.78, 5) is 12.8. The predicted molar refractivity (Wildman–Crippen MR) is 74.8 cm³/mol. The second-order valence-electron chi connectivity index (χ2n) is 3.76. The van der Waals surface area contributed by atoms with Gasteiger partial charge in [0.25, 0.3) is 0 Å². The molecule has 0 spiro atoms. The second-order valence-corrected chi connectivity index (χ2v) is 6.55. The lowest BCUT2D eigenvalue weighted by molar-refractivity contribution is 0.534. The maximum absolute atomic E-state index is 11.5. The van der Waals surface area contributed by atoms with Gasteiger partial charge in [-0.3, -0.25) is 4.57 Å². The third-order valence-corrected chi connectivity index (χ3v) is 5.30. The van der Waals surface area contributed by atoms with Crippen molar-refractivity contribution in [1.29, 1.82) is 0 Å². The van der Waals surface area contributed by atoms with E-state index in [1.807, 2.05) is 25.3 Å². The van der Waals surface area contributed by atoms with E-state index in [-0.39, 0.29) is 11.7 Å². The van der Waals surface area contributed by atoms with Crippen LogP contribution in [0.1, 0.15) is 24.8 Å². The van der Waals surface area contributed by atoms with Gasteiger partial charge in [-0.25, -0.2) is 9.89 Å². The van der Waals surface area contributed by atoms with Crippen molar-refractivity contribution in [3.05, 3.63) is 31.3 Å². The molecule has 0 bridgehead atoms. The van der Waals surface area contributed by atoms with Crippen LogP contribution in [-0.4, -0.2) is 14.8 Å². The standard InChI is InChI=1S/C10H12BrN3OS2/c1-6(2)14-9(15)12-13-10(14)17-5-8-7(11)3-4-16-8/h3-4,6H,5H2,1-2H3,(H,12,15). The minimum absolute atomic E-state index is 0.121. The molecule has 0 aliphatic carbocycles. The molecule has 0 radical (unpaired) electrons. The van der Waals surface area contributed by atoms with Crippen LogP contribution in [0.3, 0.4) is 0 Å². The van der Waals surface area contributed by atoms with Crippen LogP contribution in [0.5, 0.6) is 0 Å². The molecular weight excluding hydrogens is 322 g/mol.